The van der Waals surface area contributed by atoms with Crippen LogP contribution in [0.5, 0.6) is 5.75 Å². The van der Waals surface area contributed by atoms with Crippen molar-refractivity contribution in [1.82, 2.24) is 0 Å². The molecule has 28 heavy (non-hydrogen) atoms. The van der Waals surface area contributed by atoms with E-state index in [1.165, 1.54) is 6.07 Å². The first kappa shape index (κ1) is 25.3. The Morgan fingerprint density at radius 1 is 1.18 bits per heavy atom. The lowest BCUT2D eigenvalue weighted by molar-refractivity contribution is -0.197. The molecule has 0 bridgehead atoms. The minimum atomic E-state index is -5.21. The van der Waals surface area contributed by atoms with Crippen LogP contribution in [0.1, 0.15) is 10.4 Å². The SMILES string of the molecule is O=C(OC(CS(=O)(=O)O)C(F)(F)F)c1ccc(OC(=O)C(CBr)CBr)cc1Br. The number of esters is 2. The third-order valence-electron chi connectivity index (χ3n) is 3.06. The number of carbonyl (C=O) groups is 2. The summed E-state index contributed by atoms with van der Waals surface area (Å²) in [5.74, 6) is -4.38. The first-order chi connectivity index (χ1) is 12.8. The molecule has 7 nitrogen and oxygen atoms in total. The number of hydrogen-bond acceptors (Lipinski definition) is 6. The second-order valence-corrected chi connectivity index (χ2v) is 8.90. The van der Waals surface area contributed by atoms with Crippen LogP contribution in [0.3, 0.4) is 0 Å². The first-order valence-electron chi connectivity index (χ1n) is 7.14. The van der Waals surface area contributed by atoms with Crippen LogP contribution in [0.4, 0.5) is 13.2 Å². The molecule has 14 heteroatoms. The number of benzene rings is 1. The molecule has 0 aliphatic carbocycles. The summed E-state index contributed by atoms with van der Waals surface area (Å²) in [5.41, 5.74) is -0.373. The smallest absolute Gasteiger partial charge is 0.426 e. The fraction of sp³-hybridized carbons (Fsp3) is 0.429. The summed E-state index contributed by atoms with van der Waals surface area (Å²) >= 11 is 9.23. The van der Waals surface area contributed by atoms with E-state index < -0.39 is 46.0 Å². The molecule has 0 radical (unpaired) electrons. The van der Waals surface area contributed by atoms with Crippen molar-refractivity contribution in [2.24, 2.45) is 5.92 Å². The van der Waals surface area contributed by atoms with Crippen molar-refractivity contribution < 1.29 is 45.2 Å². The summed E-state index contributed by atoms with van der Waals surface area (Å²) in [6.45, 7) is 0. The summed E-state index contributed by atoms with van der Waals surface area (Å²) in [5, 5.41) is 0.657. The van der Waals surface area contributed by atoms with Crippen LogP contribution in [0.25, 0.3) is 0 Å². The average molecular weight is 621 g/mol. The molecule has 158 valence electrons. The van der Waals surface area contributed by atoms with Gasteiger partial charge in [-0.15, -0.1) is 0 Å². The number of rotatable bonds is 8. The fourth-order valence-electron chi connectivity index (χ4n) is 1.67. The minimum Gasteiger partial charge on any atom is -0.448 e. The van der Waals surface area contributed by atoms with E-state index in [1.807, 2.05) is 0 Å². The molecule has 0 fully saturated rings. The Morgan fingerprint density at radius 3 is 2.18 bits per heavy atom. The van der Waals surface area contributed by atoms with Crippen LogP contribution in [0, 0.1) is 5.92 Å². The number of halogens is 6. The maximum absolute atomic E-state index is 12.8. The molecular weight excluding hydrogens is 609 g/mol. The molecule has 0 aliphatic heterocycles. The van der Waals surface area contributed by atoms with E-state index in [1.54, 1.807) is 0 Å². The summed E-state index contributed by atoms with van der Waals surface area (Å²) in [6.07, 6.45) is -8.27. The molecule has 1 unspecified atom stereocenters. The molecule has 1 aromatic carbocycles. The van der Waals surface area contributed by atoms with Crippen molar-refractivity contribution in [2.75, 3.05) is 16.4 Å². The standard InChI is InChI=1S/C14H12Br3F3O7S/c15-4-7(5-16)12(21)26-8-1-2-9(10(17)3-8)13(22)27-11(14(18,19)20)6-28(23,24)25/h1-3,7,11H,4-6H2,(H,23,24,25). The molecule has 0 saturated heterocycles. The molecular formula is C14H12Br3F3O7S. The highest BCUT2D eigenvalue weighted by Gasteiger charge is 2.45. The van der Waals surface area contributed by atoms with Crippen LogP contribution in [0.15, 0.2) is 22.7 Å². The van der Waals surface area contributed by atoms with E-state index in [9.17, 15) is 31.2 Å². The molecule has 1 atom stereocenters. The summed E-state index contributed by atoms with van der Waals surface area (Å²) in [6, 6.07) is 3.36. The quantitative estimate of drug-likeness (QED) is 0.204. The third kappa shape index (κ3) is 7.97. The molecule has 0 spiro atoms. The lowest BCUT2D eigenvalue weighted by Crippen LogP contribution is -2.39. The van der Waals surface area contributed by atoms with Gasteiger partial charge in [-0.25, -0.2) is 4.79 Å². The Balaban J connectivity index is 2.98. The van der Waals surface area contributed by atoms with Crippen molar-refractivity contribution in [2.45, 2.75) is 12.3 Å². The average Bonchev–Trinajstić information content (AvgIpc) is 2.53. The van der Waals surface area contributed by atoms with Crippen molar-refractivity contribution in [1.29, 1.82) is 0 Å². The molecule has 1 rings (SSSR count). The number of hydrogen-bond donors (Lipinski definition) is 1. The van der Waals surface area contributed by atoms with Gasteiger partial charge in [-0.3, -0.25) is 9.35 Å². The van der Waals surface area contributed by atoms with Gasteiger partial charge in [-0.2, -0.15) is 21.6 Å². The van der Waals surface area contributed by atoms with Gasteiger partial charge in [-0.05, 0) is 34.1 Å². The zero-order valence-corrected chi connectivity index (χ0v) is 19.2. The van der Waals surface area contributed by atoms with E-state index in [0.717, 1.165) is 12.1 Å². The molecule has 0 amide bonds. The van der Waals surface area contributed by atoms with Gasteiger partial charge in [0.25, 0.3) is 10.1 Å². The molecule has 1 aromatic rings. The van der Waals surface area contributed by atoms with Crippen molar-refractivity contribution in [3.63, 3.8) is 0 Å². The van der Waals surface area contributed by atoms with Gasteiger partial charge >= 0.3 is 18.1 Å². The zero-order chi connectivity index (χ0) is 21.7. The predicted octanol–water partition coefficient (Wildman–Crippen LogP) is 3.74. The predicted molar refractivity (Wildman–Crippen MR) is 103 cm³/mol. The minimum absolute atomic E-state index is 0.0191. The van der Waals surface area contributed by atoms with Crippen molar-refractivity contribution in [3.8, 4) is 5.75 Å². The molecule has 0 heterocycles. The number of ether oxygens (including phenoxy) is 2. The summed E-state index contributed by atoms with van der Waals surface area (Å²) < 4.78 is 77.9. The van der Waals surface area contributed by atoms with Crippen LogP contribution in [-0.2, 0) is 19.6 Å². The topological polar surface area (TPSA) is 107 Å². The van der Waals surface area contributed by atoms with Crippen LogP contribution < -0.4 is 4.74 Å². The van der Waals surface area contributed by atoms with Gasteiger partial charge in [-0.1, -0.05) is 31.9 Å². The summed E-state index contributed by atoms with van der Waals surface area (Å²) in [7, 11) is -5.05. The Morgan fingerprint density at radius 2 is 1.75 bits per heavy atom. The molecule has 0 aromatic heterocycles. The normalized spacial score (nSPS) is 13.3. The molecule has 1 N–H and O–H groups in total. The van der Waals surface area contributed by atoms with Gasteiger partial charge in [0.15, 0.2) is 0 Å². The van der Waals surface area contributed by atoms with E-state index in [0.29, 0.717) is 10.7 Å². The van der Waals surface area contributed by atoms with Crippen LogP contribution in [0.2, 0.25) is 0 Å². The van der Waals surface area contributed by atoms with Crippen molar-refractivity contribution in [3.05, 3.63) is 28.2 Å². The van der Waals surface area contributed by atoms with Gasteiger partial charge < -0.3 is 9.47 Å². The van der Waals surface area contributed by atoms with Crippen molar-refractivity contribution >= 4 is 69.8 Å². The van der Waals surface area contributed by atoms with E-state index in [2.05, 4.69) is 52.5 Å². The maximum atomic E-state index is 12.8. The fourth-order valence-corrected chi connectivity index (χ4v) is 4.43. The van der Waals surface area contributed by atoms with Gasteiger partial charge in [0.2, 0.25) is 6.10 Å². The Hall–Kier alpha value is -0.700. The number of alkyl halides is 5. The second-order valence-electron chi connectivity index (χ2n) is 5.25. The van der Waals surface area contributed by atoms with E-state index in [4.69, 9.17) is 9.29 Å². The van der Waals surface area contributed by atoms with Gasteiger partial charge in [0, 0.05) is 15.1 Å². The van der Waals surface area contributed by atoms with Crippen LogP contribution >= 0.6 is 47.8 Å². The van der Waals surface area contributed by atoms with Gasteiger partial charge in [0.1, 0.15) is 11.5 Å². The molecule has 0 saturated carbocycles. The Labute approximate surface area is 183 Å². The second kappa shape index (κ2) is 10.4. The third-order valence-corrected chi connectivity index (χ3v) is 6.00. The Bertz CT molecular complexity index is 826. The largest absolute Gasteiger partial charge is 0.448 e. The lowest BCUT2D eigenvalue weighted by Gasteiger charge is -2.19. The van der Waals surface area contributed by atoms with E-state index >= 15 is 0 Å². The van der Waals surface area contributed by atoms with E-state index in [-0.39, 0.29) is 15.8 Å². The van der Waals surface area contributed by atoms with Gasteiger partial charge in [0.05, 0.1) is 11.5 Å². The summed E-state index contributed by atoms with van der Waals surface area (Å²) in [4.78, 5) is 23.9. The highest BCUT2D eigenvalue weighted by Crippen LogP contribution is 2.28. The molecule has 0 aliphatic rings. The van der Waals surface area contributed by atoms with Crippen LogP contribution in [-0.4, -0.2) is 53.6 Å². The highest BCUT2D eigenvalue weighted by atomic mass is 79.9. The Kier molecular flexibility index (Phi) is 9.38. The highest BCUT2D eigenvalue weighted by molar-refractivity contribution is 9.10. The number of carbonyl (C=O) groups excluding carboxylic acids is 2. The monoisotopic (exact) mass is 618 g/mol. The zero-order valence-electron chi connectivity index (χ0n) is 13.6. The maximum Gasteiger partial charge on any atom is 0.426 e. The lowest BCUT2D eigenvalue weighted by atomic mass is 10.2. The first-order valence-corrected chi connectivity index (χ1v) is 11.8.